The van der Waals surface area contributed by atoms with E-state index in [1.165, 1.54) is 12.8 Å². The van der Waals surface area contributed by atoms with Crippen molar-refractivity contribution < 1.29 is 0 Å². The average molecular weight is 200 g/mol. The molecule has 0 aliphatic heterocycles. The second-order valence-corrected chi connectivity index (χ2v) is 6.32. The smallest absolute Gasteiger partial charge is 0.00915 e. The molecule has 0 radical (unpaired) electrons. The van der Waals surface area contributed by atoms with Crippen LogP contribution in [0, 0.1) is 17.3 Å². The van der Waals surface area contributed by atoms with E-state index in [2.05, 4.69) is 45.0 Å². The predicted molar refractivity (Wildman–Crippen MR) is 63.9 cm³/mol. The molecule has 3 unspecified atom stereocenters. The Morgan fingerprint density at radius 2 is 1.87 bits per heavy atom. The lowest BCUT2D eigenvalue weighted by atomic mass is 9.87. The van der Waals surface area contributed by atoms with Gasteiger partial charge in [-0.1, -0.05) is 45.0 Å². The summed E-state index contributed by atoms with van der Waals surface area (Å²) >= 11 is 0. The standard InChI is InChI=1S/C15H20/c1-15(2,3)14-12-9-8-10-6-4-5-7-11(10)13(12)14/h4-7,12-14H,8-9H2,1-3H3. The van der Waals surface area contributed by atoms with Crippen LogP contribution in [0.15, 0.2) is 24.3 Å². The maximum atomic E-state index is 2.40. The van der Waals surface area contributed by atoms with Gasteiger partial charge in [-0.05, 0) is 47.1 Å². The Balaban J connectivity index is 1.97. The number of fused-ring (bicyclic) bond motifs is 3. The van der Waals surface area contributed by atoms with E-state index >= 15 is 0 Å². The summed E-state index contributed by atoms with van der Waals surface area (Å²) in [5, 5.41) is 0. The summed E-state index contributed by atoms with van der Waals surface area (Å²) in [5.74, 6) is 2.80. The summed E-state index contributed by atoms with van der Waals surface area (Å²) < 4.78 is 0. The zero-order valence-electron chi connectivity index (χ0n) is 9.96. The Hall–Kier alpha value is -0.780. The van der Waals surface area contributed by atoms with Gasteiger partial charge in [0.25, 0.3) is 0 Å². The zero-order valence-corrected chi connectivity index (χ0v) is 9.96. The van der Waals surface area contributed by atoms with Gasteiger partial charge in [0.1, 0.15) is 0 Å². The fraction of sp³-hybridized carbons (Fsp3) is 0.600. The average Bonchev–Trinajstić information content (AvgIpc) is 2.91. The van der Waals surface area contributed by atoms with Crippen molar-refractivity contribution in [3.05, 3.63) is 35.4 Å². The highest BCUT2D eigenvalue weighted by atomic mass is 14.6. The highest BCUT2D eigenvalue weighted by Gasteiger charge is 2.57. The summed E-state index contributed by atoms with van der Waals surface area (Å²) in [6.07, 6.45) is 2.73. The molecule has 0 saturated heterocycles. The van der Waals surface area contributed by atoms with E-state index in [0.29, 0.717) is 5.41 Å². The van der Waals surface area contributed by atoms with Crippen LogP contribution < -0.4 is 0 Å². The third-order valence-corrected chi connectivity index (χ3v) is 4.33. The summed E-state index contributed by atoms with van der Waals surface area (Å²) in [6.45, 7) is 7.20. The van der Waals surface area contributed by atoms with E-state index in [-0.39, 0.29) is 0 Å². The first-order chi connectivity index (χ1) is 7.09. The molecule has 0 heteroatoms. The lowest BCUT2D eigenvalue weighted by Crippen LogP contribution is -2.09. The Morgan fingerprint density at radius 1 is 1.13 bits per heavy atom. The van der Waals surface area contributed by atoms with Crippen LogP contribution in [0.3, 0.4) is 0 Å². The monoisotopic (exact) mass is 200 g/mol. The van der Waals surface area contributed by atoms with Crippen molar-refractivity contribution in [2.45, 2.75) is 39.5 Å². The molecule has 1 aromatic carbocycles. The van der Waals surface area contributed by atoms with Crippen LogP contribution in [0.5, 0.6) is 0 Å². The highest BCUT2D eigenvalue weighted by molar-refractivity contribution is 5.39. The molecule has 0 N–H and O–H groups in total. The van der Waals surface area contributed by atoms with E-state index in [1.807, 2.05) is 0 Å². The molecule has 0 nitrogen and oxygen atoms in total. The number of hydrogen-bond donors (Lipinski definition) is 0. The van der Waals surface area contributed by atoms with Crippen molar-refractivity contribution in [3.8, 4) is 0 Å². The molecule has 2 aliphatic carbocycles. The maximum absolute atomic E-state index is 2.40. The fourth-order valence-corrected chi connectivity index (χ4v) is 3.75. The Kier molecular flexibility index (Phi) is 1.81. The van der Waals surface area contributed by atoms with Gasteiger partial charge in [-0.2, -0.15) is 0 Å². The topological polar surface area (TPSA) is 0 Å². The first kappa shape index (κ1) is 9.45. The van der Waals surface area contributed by atoms with Gasteiger partial charge < -0.3 is 0 Å². The highest BCUT2D eigenvalue weighted by Crippen LogP contribution is 2.65. The molecule has 80 valence electrons. The molecule has 1 saturated carbocycles. The molecule has 1 fully saturated rings. The van der Waals surface area contributed by atoms with Crippen LogP contribution in [0.1, 0.15) is 44.2 Å². The van der Waals surface area contributed by atoms with Crippen molar-refractivity contribution in [2.24, 2.45) is 17.3 Å². The molecule has 1 aromatic rings. The van der Waals surface area contributed by atoms with Crippen molar-refractivity contribution in [3.63, 3.8) is 0 Å². The van der Waals surface area contributed by atoms with E-state index < -0.39 is 0 Å². The third-order valence-electron chi connectivity index (χ3n) is 4.33. The van der Waals surface area contributed by atoms with Crippen LogP contribution in [-0.2, 0) is 6.42 Å². The molecule has 2 aliphatic rings. The largest absolute Gasteiger partial charge is 0.0620 e. The van der Waals surface area contributed by atoms with Crippen molar-refractivity contribution in [1.82, 2.24) is 0 Å². The van der Waals surface area contributed by atoms with E-state index in [4.69, 9.17) is 0 Å². The summed E-state index contributed by atoms with van der Waals surface area (Å²) in [6, 6.07) is 9.08. The van der Waals surface area contributed by atoms with Crippen LogP contribution in [-0.4, -0.2) is 0 Å². The van der Waals surface area contributed by atoms with Gasteiger partial charge in [0, 0.05) is 0 Å². The zero-order chi connectivity index (χ0) is 10.6. The van der Waals surface area contributed by atoms with Gasteiger partial charge in [0.15, 0.2) is 0 Å². The number of benzene rings is 1. The fourth-order valence-electron chi connectivity index (χ4n) is 3.75. The van der Waals surface area contributed by atoms with Crippen LogP contribution >= 0.6 is 0 Å². The predicted octanol–water partition coefficient (Wildman–Crippen LogP) is 4.01. The molecular weight excluding hydrogens is 180 g/mol. The Labute approximate surface area is 92.7 Å². The first-order valence-electron chi connectivity index (χ1n) is 6.17. The first-order valence-corrected chi connectivity index (χ1v) is 6.17. The molecule has 0 amide bonds. The van der Waals surface area contributed by atoms with Gasteiger partial charge in [0.2, 0.25) is 0 Å². The third kappa shape index (κ3) is 1.34. The second-order valence-electron chi connectivity index (χ2n) is 6.32. The second kappa shape index (κ2) is 2.87. The normalized spacial score (nSPS) is 33.1. The van der Waals surface area contributed by atoms with Crippen LogP contribution in [0.2, 0.25) is 0 Å². The summed E-state index contributed by atoms with van der Waals surface area (Å²) in [4.78, 5) is 0. The molecule has 15 heavy (non-hydrogen) atoms. The molecular formula is C15H20. The van der Waals surface area contributed by atoms with Crippen molar-refractivity contribution in [2.75, 3.05) is 0 Å². The van der Waals surface area contributed by atoms with Crippen LogP contribution in [0.25, 0.3) is 0 Å². The van der Waals surface area contributed by atoms with Crippen molar-refractivity contribution >= 4 is 0 Å². The van der Waals surface area contributed by atoms with Gasteiger partial charge in [-0.3, -0.25) is 0 Å². The molecule has 0 heterocycles. The lowest BCUT2D eigenvalue weighted by molar-refractivity contribution is 0.324. The minimum atomic E-state index is 0.493. The molecule has 3 rings (SSSR count). The summed E-state index contributed by atoms with van der Waals surface area (Å²) in [7, 11) is 0. The quantitative estimate of drug-likeness (QED) is 0.593. The van der Waals surface area contributed by atoms with Gasteiger partial charge in [-0.15, -0.1) is 0 Å². The van der Waals surface area contributed by atoms with E-state index in [1.54, 1.807) is 11.1 Å². The molecule has 3 atom stereocenters. The number of aryl methyl sites for hydroxylation is 1. The Morgan fingerprint density at radius 3 is 2.60 bits per heavy atom. The minimum Gasteiger partial charge on any atom is -0.0620 e. The summed E-state index contributed by atoms with van der Waals surface area (Å²) in [5.41, 5.74) is 3.77. The molecule has 0 aromatic heterocycles. The van der Waals surface area contributed by atoms with E-state index in [9.17, 15) is 0 Å². The maximum Gasteiger partial charge on any atom is -0.00915 e. The van der Waals surface area contributed by atoms with E-state index in [0.717, 1.165) is 17.8 Å². The molecule has 0 spiro atoms. The van der Waals surface area contributed by atoms with Gasteiger partial charge in [0.05, 0.1) is 0 Å². The van der Waals surface area contributed by atoms with Crippen LogP contribution in [0.4, 0.5) is 0 Å². The van der Waals surface area contributed by atoms with Crippen molar-refractivity contribution in [1.29, 1.82) is 0 Å². The van der Waals surface area contributed by atoms with Gasteiger partial charge in [-0.25, -0.2) is 0 Å². The lowest BCUT2D eigenvalue weighted by Gasteiger charge is -2.18. The number of rotatable bonds is 0. The SMILES string of the molecule is CC(C)(C)C1C2CCc3ccccc3C21. The minimum absolute atomic E-state index is 0.493. The Bertz CT molecular complexity index is 383. The number of hydrogen-bond acceptors (Lipinski definition) is 0. The molecule has 0 bridgehead atoms. The van der Waals surface area contributed by atoms with Gasteiger partial charge >= 0.3 is 0 Å².